The first kappa shape index (κ1) is 12.7. The fraction of sp³-hybridized carbons (Fsp3) is 0. The molecule has 2 aromatic heterocycles. The van der Waals surface area contributed by atoms with Crippen LogP contribution in [0.4, 0.5) is 0 Å². The average Bonchev–Trinajstić information content (AvgIpc) is 2.62. The normalized spacial score (nSPS) is 10.7. The predicted molar refractivity (Wildman–Crippen MR) is 90.4 cm³/mol. The van der Waals surface area contributed by atoms with Gasteiger partial charge in [-0.1, -0.05) is 36.4 Å². The van der Waals surface area contributed by atoms with Crippen molar-refractivity contribution in [2.75, 3.05) is 0 Å². The minimum absolute atomic E-state index is 1.17. The minimum atomic E-state index is 1.17. The molecular weight excluding hydrogens is 268 g/mol. The van der Waals surface area contributed by atoms with Crippen molar-refractivity contribution < 1.29 is 0 Å². The quantitative estimate of drug-likeness (QED) is 0.519. The molecule has 0 amide bonds. The van der Waals surface area contributed by atoms with Gasteiger partial charge in [-0.2, -0.15) is 0 Å². The highest BCUT2D eigenvalue weighted by molar-refractivity contribution is 6.03. The largest absolute Gasteiger partial charge is 0.265 e. The van der Waals surface area contributed by atoms with E-state index >= 15 is 0 Å². The molecule has 0 atom stereocenters. The molecule has 4 aromatic rings. The maximum absolute atomic E-state index is 4.14. The zero-order chi connectivity index (χ0) is 14.8. The van der Waals surface area contributed by atoms with Gasteiger partial charge in [-0.05, 0) is 57.3 Å². The Morgan fingerprint density at radius 3 is 1.91 bits per heavy atom. The summed E-state index contributed by atoms with van der Waals surface area (Å²) < 4.78 is 0. The summed E-state index contributed by atoms with van der Waals surface area (Å²) in [4.78, 5) is 8.27. The molecule has 0 radical (unpaired) electrons. The predicted octanol–water partition coefficient (Wildman–Crippen LogP) is 4.96. The Morgan fingerprint density at radius 1 is 0.545 bits per heavy atom. The van der Waals surface area contributed by atoms with Crippen LogP contribution in [0.3, 0.4) is 0 Å². The van der Waals surface area contributed by atoms with Gasteiger partial charge in [-0.25, -0.2) is 0 Å². The molecule has 2 nitrogen and oxygen atoms in total. The smallest absolute Gasteiger partial charge is 0.0273 e. The molecule has 0 N–H and O–H groups in total. The molecule has 0 aliphatic rings. The summed E-state index contributed by atoms with van der Waals surface area (Å²) in [6.07, 6.45) is 7.35. The van der Waals surface area contributed by atoms with Crippen molar-refractivity contribution in [2.24, 2.45) is 0 Å². The summed E-state index contributed by atoms with van der Waals surface area (Å²) in [6.45, 7) is 0. The van der Waals surface area contributed by atoms with E-state index in [2.05, 4.69) is 70.6 Å². The summed E-state index contributed by atoms with van der Waals surface area (Å²) in [5, 5.41) is 2.50. The van der Waals surface area contributed by atoms with Crippen molar-refractivity contribution in [1.29, 1.82) is 0 Å². The second-order valence-electron chi connectivity index (χ2n) is 5.18. The minimum Gasteiger partial charge on any atom is -0.265 e. The monoisotopic (exact) mass is 282 g/mol. The molecule has 0 aliphatic heterocycles. The summed E-state index contributed by atoms with van der Waals surface area (Å²) >= 11 is 0. The maximum atomic E-state index is 4.14. The first-order valence-corrected chi connectivity index (χ1v) is 7.26. The van der Waals surface area contributed by atoms with Gasteiger partial charge in [0.1, 0.15) is 0 Å². The van der Waals surface area contributed by atoms with E-state index in [1.807, 2.05) is 24.8 Å². The van der Waals surface area contributed by atoms with Crippen LogP contribution in [0.15, 0.2) is 85.5 Å². The van der Waals surface area contributed by atoms with Gasteiger partial charge in [-0.3, -0.25) is 9.97 Å². The number of hydrogen-bond donors (Lipinski definition) is 0. The van der Waals surface area contributed by atoms with Crippen LogP contribution in [0.2, 0.25) is 0 Å². The van der Waals surface area contributed by atoms with Gasteiger partial charge in [0.05, 0.1) is 0 Å². The summed E-state index contributed by atoms with van der Waals surface area (Å²) in [5.41, 5.74) is 4.81. The van der Waals surface area contributed by atoms with E-state index in [0.717, 1.165) is 0 Å². The van der Waals surface area contributed by atoms with Gasteiger partial charge in [0, 0.05) is 24.8 Å². The maximum Gasteiger partial charge on any atom is 0.0273 e. The van der Waals surface area contributed by atoms with E-state index in [9.17, 15) is 0 Å². The first-order chi connectivity index (χ1) is 10.9. The molecule has 104 valence electrons. The lowest BCUT2D eigenvalue weighted by molar-refractivity contribution is 1.32. The second-order valence-corrected chi connectivity index (χ2v) is 5.18. The fourth-order valence-corrected chi connectivity index (χ4v) is 2.87. The van der Waals surface area contributed by atoms with Crippen molar-refractivity contribution in [3.63, 3.8) is 0 Å². The Morgan fingerprint density at radius 2 is 1.18 bits per heavy atom. The van der Waals surface area contributed by atoms with Crippen LogP contribution in [0.1, 0.15) is 0 Å². The molecule has 2 heteroatoms. The number of hydrogen-bond acceptors (Lipinski definition) is 2. The zero-order valence-corrected chi connectivity index (χ0v) is 12.0. The Bertz CT molecular complexity index is 916. The van der Waals surface area contributed by atoms with E-state index < -0.39 is 0 Å². The SMILES string of the molecule is c1ccc2c(-c3ccncc3)c(-c3ccncc3)ccc2c1. The van der Waals surface area contributed by atoms with E-state index in [1.54, 1.807) is 0 Å². The van der Waals surface area contributed by atoms with Gasteiger partial charge < -0.3 is 0 Å². The Hall–Kier alpha value is -3.00. The summed E-state index contributed by atoms with van der Waals surface area (Å²) in [5.74, 6) is 0. The van der Waals surface area contributed by atoms with Gasteiger partial charge >= 0.3 is 0 Å². The first-order valence-electron chi connectivity index (χ1n) is 7.26. The number of nitrogens with zero attached hydrogens (tertiary/aromatic N) is 2. The molecule has 0 spiro atoms. The van der Waals surface area contributed by atoms with Crippen LogP contribution in [0.25, 0.3) is 33.0 Å². The van der Waals surface area contributed by atoms with E-state index in [4.69, 9.17) is 0 Å². The van der Waals surface area contributed by atoms with Crippen LogP contribution in [-0.2, 0) is 0 Å². The van der Waals surface area contributed by atoms with Crippen molar-refractivity contribution in [1.82, 2.24) is 9.97 Å². The van der Waals surface area contributed by atoms with Gasteiger partial charge in [0.2, 0.25) is 0 Å². The van der Waals surface area contributed by atoms with Crippen LogP contribution < -0.4 is 0 Å². The topological polar surface area (TPSA) is 25.8 Å². The van der Waals surface area contributed by atoms with Gasteiger partial charge in [0.15, 0.2) is 0 Å². The van der Waals surface area contributed by atoms with Gasteiger partial charge in [0.25, 0.3) is 0 Å². The van der Waals surface area contributed by atoms with Gasteiger partial charge in [-0.15, -0.1) is 0 Å². The number of aromatic nitrogens is 2. The number of rotatable bonds is 2. The molecule has 0 saturated carbocycles. The van der Waals surface area contributed by atoms with Crippen LogP contribution in [0, 0.1) is 0 Å². The fourth-order valence-electron chi connectivity index (χ4n) is 2.87. The van der Waals surface area contributed by atoms with Crippen LogP contribution in [0.5, 0.6) is 0 Å². The third kappa shape index (κ3) is 2.15. The second kappa shape index (κ2) is 5.41. The third-order valence-electron chi connectivity index (χ3n) is 3.89. The Balaban J connectivity index is 2.09. The Kier molecular flexibility index (Phi) is 3.13. The van der Waals surface area contributed by atoms with Crippen molar-refractivity contribution in [2.45, 2.75) is 0 Å². The molecule has 0 unspecified atom stereocenters. The van der Waals surface area contributed by atoms with E-state index in [1.165, 1.54) is 33.0 Å². The zero-order valence-electron chi connectivity index (χ0n) is 12.0. The van der Waals surface area contributed by atoms with Crippen LogP contribution >= 0.6 is 0 Å². The molecule has 0 saturated heterocycles. The molecule has 4 rings (SSSR count). The van der Waals surface area contributed by atoms with E-state index in [-0.39, 0.29) is 0 Å². The highest BCUT2D eigenvalue weighted by atomic mass is 14.6. The van der Waals surface area contributed by atoms with Crippen LogP contribution in [-0.4, -0.2) is 9.97 Å². The number of benzene rings is 2. The number of pyridine rings is 2. The standard InChI is InChI=1S/C20H14N2/c1-2-4-18-15(3-1)5-6-19(16-7-11-21-12-8-16)20(18)17-9-13-22-14-10-17/h1-14H. The molecule has 0 fully saturated rings. The number of fused-ring (bicyclic) bond motifs is 1. The molecule has 22 heavy (non-hydrogen) atoms. The molecular formula is C20H14N2. The molecule has 2 aromatic carbocycles. The van der Waals surface area contributed by atoms with Crippen molar-refractivity contribution in [3.05, 3.63) is 85.5 Å². The van der Waals surface area contributed by atoms with Crippen molar-refractivity contribution >= 4 is 10.8 Å². The van der Waals surface area contributed by atoms with Crippen molar-refractivity contribution in [3.8, 4) is 22.3 Å². The highest BCUT2D eigenvalue weighted by Gasteiger charge is 2.11. The summed E-state index contributed by atoms with van der Waals surface area (Å²) in [6, 6.07) is 21.1. The highest BCUT2D eigenvalue weighted by Crippen LogP contribution is 2.37. The molecule has 0 aliphatic carbocycles. The lowest BCUT2D eigenvalue weighted by Crippen LogP contribution is -1.88. The molecule has 0 bridgehead atoms. The average molecular weight is 282 g/mol. The lowest BCUT2D eigenvalue weighted by Gasteiger charge is -2.13. The van der Waals surface area contributed by atoms with E-state index in [0.29, 0.717) is 0 Å². The Labute approximate surface area is 129 Å². The lowest BCUT2D eigenvalue weighted by atomic mass is 9.90. The molecule has 2 heterocycles. The third-order valence-corrected chi connectivity index (χ3v) is 3.89. The summed E-state index contributed by atoms with van der Waals surface area (Å²) in [7, 11) is 0.